The Morgan fingerprint density at radius 2 is 1.75 bits per heavy atom. The molecule has 1 saturated heterocycles. The first-order valence-corrected chi connectivity index (χ1v) is 10.3. The Kier molecular flexibility index (Phi) is 6.41. The maximum Gasteiger partial charge on any atom is 0.416 e. The number of alkyl halides is 3. The lowest BCUT2D eigenvalue weighted by Crippen LogP contribution is -2.48. The quantitative estimate of drug-likeness (QED) is 0.619. The number of hydrogen-bond acceptors (Lipinski definition) is 4. The fourth-order valence-corrected chi connectivity index (χ4v) is 3.74. The van der Waals surface area contributed by atoms with Gasteiger partial charge in [-0.2, -0.15) is 13.2 Å². The Balaban J connectivity index is 1.43. The SMILES string of the molecule is O=C(c1ccccc1Nc1cccc(C(F)(F)F)c1)N1CCN(Cc2cccnc2)CC1. The number of anilines is 2. The second kappa shape index (κ2) is 9.40. The second-order valence-corrected chi connectivity index (χ2v) is 7.68. The molecule has 0 atom stereocenters. The molecular formula is C24H23F3N4O. The molecule has 166 valence electrons. The molecule has 1 N–H and O–H groups in total. The third-order valence-electron chi connectivity index (χ3n) is 5.41. The number of para-hydroxylation sites is 1. The molecular weight excluding hydrogens is 417 g/mol. The van der Waals surface area contributed by atoms with E-state index in [0.717, 1.165) is 37.3 Å². The Morgan fingerprint density at radius 3 is 2.47 bits per heavy atom. The Morgan fingerprint density at radius 1 is 0.969 bits per heavy atom. The van der Waals surface area contributed by atoms with Crippen LogP contribution in [-0.2, 0) is 12.7 Å². The summed E-state index contributed by atoms with van der Waals surface area (Å²) in [5.41, 5.74) is 1.58. The highest BCUT2D eigenvalue weighted by Gasteiger charge is 2.30. The lowest BCUT2D eigenvalue weighted by atomic mass is 10.1. The van der Waals surface area contributed by atoms with Crippen LogP contribution in [0.2, 0.25) is 0 Å². The number of nitrogens with zero attached hydrogens (tertiary/aromatic N) is 3. The third kappa shape index (κ3) is 5.26. The van der Waals surface area contributed by atoms with Gasteiger partial charge in [0.1, 0.15) is 0 Å². The van der Waals surface area contributed by atoms with Gasteiger partial charge in [-0.3, -0.25) is 14.7 Å². The van der Waals surface area contributed by atoms with E-state index < -0.39 is 11.7 Å². The summed E-state index contributed by atoms with van der Waals surface area (Å²) >= 11 is 0. The highest BCUT2D eigenvalue weighted by Crippen LogP contribution is 2.32. The molecule has 1 aliphatic rings. The van der Waals surface area contributed by atoms with Gasteiger partial charge in [0.15, 0.2) is 0 Å². The van der Waals surface area contributed by atoms with E-state index in [0.29, 0.717) is 24.3 Å². The van der Waals surface area contributed by atoms with E-state index in [-0.39, 0.29) is 11.6 Å². The number of pyridine rings is 1. The van der Waals surface area contributed by atoms with E-state index in [2.05, 4.69) is 15.2 Å². The summed E-state index contributed by atoms with van der Waals surface area (Å²) < 4.78 is 39.1. The molecule has 1 aromatic heterocycles. The van der Waals surface area contributed by atoms with Crippen LogP contribution in [0.1, 0.15) is 21.5 Å². The van der Waals surface area contributed by atoms with Crippen molar-refractivity contribution in [3.8, 4) is 0 Å². The van der Waals surface area contributed by atoms with Gasteiger partial charge < -0.3 is 10.2 Å². The normalized spacial score (nSPS) is 14.9. The van der Waals surface area contributed by atoms with Crippen LogP contribution < -0.4 is 5.32 Å². The first-order valence-electron chi connectivity index (χ1n) is 10.3. The van der Waals surface area contributed by atoms with E-state index in [9.17, 15) is 18.0 Å². The van der Waals surface area contributed by atoms with Gasteiger partial charge in [-0.15, -0.1) is 0 Å². The number of carbonyl (C=O) groups is 1. The minimum absolute atomic E-state index is 0.138. The molecule has 4 rings (SSSR count). The zero-order valence-corrected chi connectivity index (χ0v) is 17.3. The average molecular weight is 440 g/mol. The Labute approximate surface area is 184 Å². The predicted octanol–water partition coefficient (Wildman–Crippen LogP) is 4.80. The number of hydrogen-bond donors (Lipinski definition) is 1. The van der Waals surface area contributed by atoms with Crippen LogP contribution in [0.4, 0.5) is 24.5 Å². The number of rotatable bonds is 5. The molecule has 0 bridgehead atoms. The van der Waals surface area contributed by atoms with Crippen molar-refractivity contribution in [2.75, 3.05) is 31.5 Å². The molecule has 2 heterocycles. The molecule has 0 radical (unpaired) electrons. The molecule has 32 heavy (non-hydrogen) atoms. The molecule has 1 amide bonds. The van der Waals surface area contributed by atoms with Gasteiger partial charge in [0.05, 0.1) is 16.8 Å². The highest BCUT2D eigenvalue weighted by molar-refractivity contribution is 6.00. The molecule has 0 unspecified atom stereocenters. The smallest absolute Gasteiger partial charge is 0.355 e. The number of nitrogens with one attached hydrogen (secondary N) is 1. The topological polar surface area (TPSA) is 48.5 Å². The number of benzene rings is 2. The van der Waals surface area contributed by atoms with Crippen molar-refractivity contribution < 1.29 is 18.0 Å². The van der Waals surface area contributed by atoms with Crippen LogP contribution in [0, 0.1) is 0 Å². The van der Waals surface area contributed by atoms with Crippen molar-refractivity contribution in [1.82, 2.24) is 14.8 Å². The van der Waals surface area contributed by atoms with Crippen molar-refractivity contribution in [2.24, 2.45) is 0 Å². The standard InChI is InChI=1S/C24H23F3N4O/c25-24(26,27)19-6-3-7-20(15-19)29-22-9-2-1-8-21(22)23(32)31-13-11-30(12-14-31)17-18-5-4-10-28-16-18/h1-10,15-16,29H,11-14,17H2. The molecule has 5 nitrogen and oxygen atoms in total. The third-order valence-corrected chi connectivity index (χ3v) is 5.41. The second-order valence-electron chi connectivity index (χ2n) is 7.68. The molecule has 0 spiro atoms. The number of carbonyl (C=O) groups excluding carboxylic acids is 1. The van der Waals surface area contributed by atoms with E-state index >= 15 is 0 Å². The predicted molar refractivity (Wildman–Crippen MR) is 117 cm³/mol. The number of amides is 1. The summed E-state index contributed by atoms with van der Waals surface area (Å²) in [4.78, 5) is 21.4. The molecule has 2 aromatic carbocycles. The van der Waals surface area contributed by atoms with Gasteiger partial charge in [-0.25, -0.2) is 0 Å². The van der Waals surface area contributed by atoms with Crippen LogP contribution in [0.5, 0.6) is 0 Å². The largest absolute Gasteiger partial charge is 0.416 e. The summed E-state index contributed by atoms with van der Waals surface area (Å²) in [7, 11) is 0. The van der Waals surface area contributed by atoms with Gasteiger partial charge in [0.25, 0.3) is 5.91 Å². The van der Waals surface area contributed by atoms with Gasteiger partial charge in [0, 0.05) is 50.8 Å². The summed E-state index contributed by atoms with van der Waals surface area (Å²) in [5.74, 6) is -0.138. The maximum atomic E-state index is 13.2. The number of halogens is 3. The zero-order valence-electron chi connectivity index (χ0n) is 17.3. The summed E-state index contributed by atoms with van der Waals surface area (Å²) in [5, 5.41) is 2.98. The molecule has 1 fully saturated rings. The van der Waals surface area contributed by atoms with Crippen molar-refractivity contribution in [1.29, 1.82) is 0 Å². The van der Waals surface area contributed by atoms with Crippen LogP contribution in [0.3, 0.4) is 0 Å². The molecule has 1 aliphatic heterocycles. The van der Waals surface area contributed by atoms with Gasteiger partial charge >= 0.3 is 6.18 Å². The average Bonchev–Trinajstić information content (AvgIpc) is 2.80. The van der Waals surface area contributed by atoms with E-state index in [1.807, 2.05) is 18.3 Å². The van der Waals surface area contributed by atoms with Crippen molar-refractivity contribution in [3.05, 3.63) is 89.7 Å². The molecule has 0 saturated carbocycles. The van der Waals surface area contributed by atoms with E-state index in [1.165, 1.54) is 6.07 Å². The number of piperazine rings is 1. The van der Waals surface area contributed by atoms with Crippen LogP contribution in [-0.4, -0.2) is 46.9 Å². The Hall–Kier alpha value is -3.39. The first-order chi connectivity index (χ1) is 15.4. The van der Waals surface area contributed by atoms with Crippen molar-refractivity contribution in [3.63, 3.8) is 0 Å². The van der Waals surface area contributed by atoms with Crippen LogP contribution >= 0.6 is 0 Å². The lowest BCUT2D eigenvalue weighted by Gasteiger charge is -2.35. The minimum Gasteiger partial charge on any atom is -0.355 e. The van der Waals surface area contributed by atoms with Gasteiger partial charge in [-0.05, 0) is 42.0 Å². The molecule has 3 aromatic rings. The Bertz CT molecular complexity index is 1060. The lowest BCUT2D eigenvalue weighted by molar-refractivity contribution is -0.137. The van der Waals surface area contributed by atoms with Crippen molar-refractivity contribution in [2.45, 2.75) is 12.7 Å². The zero-order chi connectivity index (χ0) is 22.6. The first kappa shape index (κ1) is 21.8. The molecule has 0 aliphatic carbocycles. The fourth-order valence-electron chi connectivity index (χ4n) is 3.74. The maximum absolute atomic E-state index is 13.2. The van der Waals surface area contributed by atoms with E-state index in [4.69, 9.17) is 0 Å². The summed E-state index contributed by atoms with van der Waals surface area (Å²) in [6.07, 6.45) is -0.847. The van der Waals surface area contributed by atoms with Crippen LogP contribution in [0.25, 0.3) is 0 Å². The minimum atomic E-state index is -4.43. The van der Waals surface area contributed by atoms with Gasteiger partial charge in [-0.1, -0.05) is 24.3 Å². The fraction of sp³-hybridized carbons (Fsp3) is 0.250. The molecule has 8 heteroatoms. The van der Waals surface area contributed by atoms with Crippen LogP contribution in [0.15, 0.2) is 73.1 Å². The van der Waals surface area contributed by atoms with E-state index in [1.54, 1.807) is 41.4 Å². The van der Waals surface area contributed by atoms with Crippen molar-refractivity contribution >= 4 is 17.3 Å². The highest BCUT2D eigenvalue weighted by atomic mass is 19.4. The number of aromatic nitrogens is 1. The summed E-state index contributed by atoms with van der Waals surface area (Å²) in [6.45, 7) is 3.42. The monoisotopic (exact) mass is 440 g/mol. The summed E-state index contributed by atoms with van der Waals surface area (Å²) in [6, 6.07) is 15.8. The van der Waals surface area contributed by atoms with Gasteiger partial charge in [0.2, 0.25) is 0 Å².